The zero-order valence-electron chi connectivity index (χ0n) is 20.2. The van der Waals surface area contributed by atoms with Crippen molar-refractivity contribution < 1.29 is 18.3 Å². The minimum Gasteiger partial charge on any atom is -0.424 e. The molecule has 0 radical (unpaired) electrons. The number of nitrogens with zero attached hydrogens (tertiary/aromatic N) is 5. The van der Waals surface area contributed by atoms with Crippen LogP contribution in [0.5, 0.6) is 11.8 Å². The van der Waals surface area contributed by atoms with Gasteiger partial charge in [-0.25, -0.2) is 33.2 Å². The van der Waals surface area contributed by atoms with E-state index < -0.39 is 12.5 Å². The second kappa shape index (κ2) is 11.5. The topological polar surface area (TPSA) is 133 Å². The molecule has 3 aromatic heterocycles. The van der Waals surface area contributed by atoms with Crippen LogP contribution in [0.2, 0.25) is 10.0 Å². The molecule has 0 fully saturated rings. The SMILES string of the molecule is Nc1ncc(Cl)cc1-c1ccc(Oc2ncc(NC(=O)Nc3cc(Cl)ccc3-n3cc(C(F)F)cn3)cn2)cc1. The molecule has 4 N–H and O–H groups in total. The van der Waals surface area contributed by atoms with E-state index in [1.165, 1.54) is 35.5 Å². The lowest BCUT2D eigenvalue weighted by atomic mass is 10.1. The number of hydrogen-bond donors (Lipinski definition) is 3. The number of ether oxygens (including phenoxy) is 1. The third kappa shape index (κ3) is 6.25. The minimum absolute atomic E-state index is 0.0493. The quantitative estimate of drug-likeness (QED) is 0.188. The number of hydrogen-bond acceptors (Lipinski definition) is 7. The second-order valence-electron chi connectivity index (χ2n) is 8.23. The Balaban J connectivity index is 1.23. The summed E-state index contributed by atoms with van der Waals surface area (Å²) >= 11 is 12.1. The van der Waals surface area contributed by atoms with Crippen LogP contribution in [0.4, 0.5) is 30.8 Å². The number of halogens is 4. The lowest BCUT2D eigenvalue weighted by Gasteiger charge is -2.12. The molecule has 0 saturated heterocycles. The maximum Gasteiger partial charge on any atom is 0.323 e. The molecule has 5 rings (SSSR count). The number of amides is 2. The van der Waals surface area contributed by atoms with E-state index in [9.17, 15) is 13.6 Å². The standard InChI is InChI=1S/C26H18Cl2F2N8O2/c27-16-3-6-22(38-13-15(9-35-38)23(29)30)21(8-16)37-25(39)36-18-11-33-26(34-12-18)40-19-4-1-14(2-5-19)20-7-17(28)10-32-24(20)31/h1-13,23H,(H2,31,32)(H2,36,37,39). The van der Waals surface area contributed by atoms with E-state index in [2.05, 4.69) is 30.7 Å². The summed E-state index contributed by atoms with van der Waals surface area (Å²) in [6.45, 7) is 0. The summed E-state index contributed by atoms with van der Waals surface area (Å²) in [6.07, 6.45) is 3.72. The fourth-order valence-corrected chi connectivity index (χ4v) is 3.93. The van der Waals surface area contributed by atoms with Gasteiger partial charge in [-0.05, 0) is 42.0 Å². The van der Waals surface area contributed by atoms with Gasteiger partial charge in [-0.1, -0.05) is 35.3 Å². The fraction of sp³-hybridized carbons (Fsp3) is 0.0385. The van der Waals surface area contributed by atoms with Crippen molar-refractivity contribution >= 4 is 46.4 Å². The molecular weight excluding hydrogens is 565 g/mol. The zero-order chi connectivity index (χ0) is 28.2. The molecule has 0 bridgehead atoms. The Bertz CT molecular complexity index is 1660. The van der Waals surface area contributed by atoms with Crippen molar-refractivity contribution in [1.29, 1.82) is 0 Å². The van der Waals surface area contributed by atoms with Crippen LogP contribution in [-0.4, -0.2) is 30.8 Å². The van der Waals surface area contributed by atoms with Crippen LogP contribution in [0.25, 0.3) is 16.8 Å². The third-order valence-corrected chi connectivity index (χ3v) is 5.90. The van der Waals surface area contributed by atoms with Gasteiger partial charge in [-0.2, -0.15) is 5.10 Å². The Kier molecular flexibility index (Phi) is 7.71. The number of carbonyl (C=O) groups is 1. The first kappa shape index (κ1) is 26.8. The van der Waals surface area contributed by atoms with Crippen molar-refractivity contribution in [2.75, 3.05) is 16.4 Å². The van der Waals surface area contributed by atoms with Gasteiger partial charge in [0.1, 0.15) is 11.6 Å². The maximum absolute atomic E-state index is 13.0. The van der Waals surface area contributed by atoms with E-state index in [-0.39, 0.29) is 22.9 Å². The lowest BCUT2D eigenvalue weighted by molar-refractivity contribution is 0.151. The van der Waals surface area contributed by atoms with Crippen LogP contribution in [0.15, 0.2) is 79.5 Å². The van der Waals surface area contributed by atoms with Gasteiger partial charge in [0.2, 0.25) is 0 Å². The molecule has 0 aliphatic heterocycles. The number of nitrogens with one attached hydrogen (secondary N) is 2. The highest BCUT2D eigenvalue weighted by Crippen LogP contribution is 2.30. The van der Waals surface area contributed by atoms with Gasteiger partial charge in [-0.3, -0.25) is 0 Å². The van der Waals surface area contributed by atoms with Crippen LogP contribution in [-0.2, 0) is 0 Å². The number of aromatic nitrogens is 5. The zero-order valence-corrected chi connectivity index (χ0v) is 21.7. The predicted octanol–water partition coefficient (Wildman–Crippen LogP) is 6.99. The van der Waals surface area contributed by atoms with Crippen molar-refractivity contribution in [3.05, 3.63) is 95.1 Å². The van der Waals surface area contributed by atoms with Gasteiger partial charge in [0, 0.05) is 23.0 Å². The number of benzene rings is 2. The van der Waals surface area contributed by atoms with Crippen LogP contribution >= 0.6 is 23.2 Å². The van der Waals surface area contributed by atoms with E-state index in [0.717, 1.165) is 11.8 Å². The van der Waals surface area contributed by atoms with Crippen LogP contribution in [0.1, 0.15) is 12.0 Å². The number of anilines is 3. The maximum atomic E-state index is 13.0. The van der Waals surface area contributed by atoms with E-state index in [0.29, 0.717) is 32.9 Å². The number of nitrogen functional groups attached to an aromatic ring is 1. The van der Waals surface area contributed by atoms with Crippen molar-refractivity contribution in [1.82, 2.24) is 24.7 Å². The summed E-state index contributed by atoms with van der Waals surface area (Å²) in [5.74, 6) is 0.820. The van der Waals surface area contributed by atoms with Gasteiger partial charge in [0.15, 0.2) is 0 Å². The normalized spacial score (nSPS) is 10.9. The van der Waals surface area contributed by atoms with Crippen molar-refractivity contribution in [3.63, 3.8) is 0 Å². The fourth-order valence-electron chi connectivity index (χ4n) is 3.60. The van der Waals surface area contributed by atoms with E-state index in [1.54, 1.807) is 42.5 Å². The summed E-state index contributed by atoms with van der Waals surface area (Å²) in [7, 11) is 0. The second-order valence-corrected chi connectivity index (χ2v) is 9.10. The number of nitrogens with two attached hydrogens (primary N) is 1. The molecule has 2 amide bonds. The Morgan fingerprint density at radius 1 is 0.925 bits per heavy atom. The molecule has 0 saturated carbocycles. The Morgan fingerprint density at radius 3 is 2.38 bits per heavy atom. The molecule has 202 valence electrons. The highest BCUT2D eigenvalue weighted by atomic mass is 35.5. The van der Waals surface area contributed by atoms with Crippen LogP contribution < -0.4 is 21.1 Å². The molecule has 40 heavy (non-hydrogen) atoms. The van der Waals surface area contributed by atoms with Gasteiger partial charge in [0.25, 0.3) is 6.43 Å². The lowest BCUT2D eigenvalue weighted by Crippen LogP contribution is -2.20. The molecular formula is C26H18Cl2F2N8O2. The summed E-state index contributed by atoms with van der Waals surface area (Å²) in [5.41, 5.74) is 8.02. The van der Waals surface area contributed by atoms with Gasteiger partial charge >= 0.3 is 12.0 Å². The average molecular weight is 583 g/mol. The first-order valence-electron chi connectivity index (χ1n) is 11.5. The summed E-state index contributed by atoms with van der Waals surface area (Å²) in [5, 5.41) is 9.94. The van der Waals surface area contributed by atoms with E-state index in [4.69, 9.17) is 33.7 Å². The van der Waals surface area contributed by atoms with Crippen molar-refractivity contribution in [3.8, 4) is 28.6 Å². The first-order valence-corrected chi connectivity index (χ1v) is 12.2. The van der Waals surface area contributed by atoms with Gasteiger partial charge in [0.05, 0.1) is 46.2 Å². The van der Waals surface area contributed by atoms with Crippen LogP contribution in [0, 0.1) is 0 Å². The van der Waals surface area contributed by atoms with Gasteiger partial charge < -0.3 is 21.1 Å². The van der Waals surface area contributed by atoms with Crippen LogP contribution in [0.3, 0.4) is 0 Å². The molecule has 0 atom stereocenters. The summed E-state index contributed by atoms with van der Waals surface area (Å²) in [4.78, 5) is 24.9. The smallest absolute Gasteiger partial charge is 0.323 e. The summed E-state index contributed by atoms with van der Waals surface area (Å²) in [6, 6.07) is 12.7. The highest BCUT2D eigenvalue weighted by molar-refractivity contribution is 6.31. The summed E-state index contributed by atoms with van der Waals surface area (Å²) < 4.78 is 32.9. The number of pyridine rings is 1. The molecule has 0 unspecified atom stereocenters. The highest BCUT2D eigenvalue weighted by Gasteiger charge is 2.15. The molecule has 0 aliphatic rings. The predicted molar refractivity (Wildman–Crippen MR) is 147 cm³/mol. The monoisotopic (exact) mass is 582 g/mol. The van der Waals surface area contributed by atoms with Gasteiger partial charge in [-0.15, -0.1) is 0 Å². The Hall–Kier alpha value is -4.81. The Morgan fingerprint density at radius 2 is 1.68 bits per heavy atom. The average Bonchev–Trinajstić information content (AvgIpc) is 3.42. The third-order valence-electron chi connectivity index (χ3n) is 5.45. The number of urea groups is 1. The Labute approximate surface area is 235 Å². The first-order chi connectivity index (χ1) is 19.2. The number of rotatable bonds is 7. The molecule has 10 nitrogen and oxygen atoms in total. The molecule has 2 aromatic carbocycles. The molecule has 14 heteroatoms. The molecule has 5 aromatic rings. The number of alkyl halides is 2. The molecule has 0 aliphatic carbocycles. The largest absolute Gasteiger partial charge is 0.424 e. The number of carbonyl (C=O) groups excluding carboxylic acids is 1. The van der Waals surface area contributed by atoms with E-state index in [1.807, 2.05) is 0 Å². The molecule has 0 spiro atoms. The van der Waals surface area contributed by atoms with Crippen molar-refractivity contribution in [2.24, 2.45) is 0 Å². The van der Waals surface area contributed by atoms with Crippen molar-refractivity contribution in [2.45, 2.75) is 6.43 Å². The minimum atomic E-state index is -2.68. The van der Waals surface area contributed by atoms with E-state index >= 15 is 0 Å². The molecule has 3 heterocycles.